The molecule has 1 saturated carbocycles. The van der Waals surface area contributed by atoms with Crippen LogP contribution >= 0.6 is 11.6 Å². The Bertz CT molecular complexity index is 801. The first-order valence-corrected chi connectivity index (χ1v) is 8.95. The third-order valence-electron chi connectivity index (χ3n) is 4.67. The van der Waals surface area contributed by atoms with Gasteiger partial charge < -0.3 is 14.8 Å². The lowest BCUT2D eigenvalue weighted by Crippen LogP contribution is -2.18. The van der Waals surface area contributed by atoms with Gasteiger partial charge in [-0.25, -0.2) is 4.68 Å². The lowest BCUT2D eigenvalue weighted by molar-refractivity contribution is 0.102. The number of carbonyl (C=O) groups is 1. The molecule has 1 aromatic heterocycles. The fourth-order valence-corrected chi connectivity index (χ4v) is 3.33. The lowest BCUT2D eigenvalue weighted by atomic mass is 10.2. The second-order valence-corrected chi connectivity index (χ2v) is 6.94. The molecule has 6 nitrogen and oxygen atoms in total. The minimum absolute atomic E-state index is 0.248. The van der Waals surface area contributed by atoms with E-state index in [0.29, 0.717) is 47.0 Å². The molecule has 1 amide bonds. The van der Waals surface area contributed by atoms with Crippen LogP contribution in [0.15, 0.2) is 24.4 Å². The molecule has 1 fully saturated rings. The number of benzene rings is 1. The fourth-order valence-electron chi connectivity index (χ4n) is 3.07. The summed E-state index contributed by atoms with van der Waals surface area (Å²) in [6.45, 7) is 3.22. The number of fused-ring (bicyclic) bond motifs is 1. The number of ether oxygens (including phenoxy) is 2. The molecule has 0 bridgehead atoms. The maximum absolute atomic E-state index is 12.7. The van der Waals surface area contributed by atoms with Crippen LogP contribution in [0.5, 0.6) is 11.5 Å². The van der Waals surface area contributed by atoms with E-state index >= 15 is 0 Å². The van der Waals surface area contributed by atoms with Crippen LogP contribution in [0.3, 0.4) is 0 Å². The SMILES string of the molecule is CC(C1CC1)n1nccc1NC(=O)c1cc(Cl)c2c(c1)OCCCO2. The molecular weight excluding hydrogens is 342 g/mol. The highest BCUT2D eigenvalue weighted by molar-refractivity contribution is 6.32. The van der Waals surface area contributed by atoms with E-state index in [1.807, 2.05) is 4.68 Å². The van der Waals surface area contributed by atoms with Crippen LogP contribution in [0.2, 0.25) is 5.02 Å². The number of amides is 1. The van der Waals surface area contributed by atoms with E-state index in [9.17, 15) is 4.79 Å². The Labute approximate surface area is 151 Å². The molecule has 2 aliphatic rings. The Hall–Kier alpha value is -2.21. The summed E-state index contributed by atoms with van der Waals surface area (Å²) in [4.78, 5) is 12.7. The van der Waals surface area contributed by atoms with Crippen molar-refractivity contribution in [2.75, 3.05) is 18.5 Å². The van der Waals surface area contributed by atoms with Crippen LogP contribution in [0.1, 0.15) is 42.6 Å². The molecule has 0 saturated heterocycles. The monoisotopic (exact) mass is 361 g/mol. The van der Waals surface area contributed by atoms with E-state index in [4.69, 9.17) is 21.1 Å². The van der Waals surface area contributed by atoms with Crippen LogP contribution in [0.4, 0.5) is 5.82 Å². The first-order chi connectivity index (χ1) is 12.1. The van der Waals surface area contributed by atoms with Gasteiger partial charge in [-0.1, -0.05) is 11.6 Å². The molecule has 0 radical (unpaired) electrons. The van der Waals surface area contributed by atoms with Gasteiger partial charge in [-0.05, 0) is 37.8 Å². The van der Waals surface area contributed by atoms with E-state index in [1.54, 1.807) is 24.4 Å². The highest BCUT2D eigenvalue weighted by Gasteiger charge is 2.31. The van der Waals surface area contributed by atoms with Gasteiger partial charge in [0, 0.05) is 18.1 Å². The Balaban J connectivity index is 1.57. The molecule has 7 heteroatoms. The number of rotatable bonds is 4. The van der Waals surface area contributed by atoms with Crippen molar-refractivity contribution in [3.63, 3.8) is 0 Å². The minimum atomic E-state index is -0.248. The van der Waals surface area contributed by atoms with Crippen molar-refractivity contribution in [3.05, 3.63) is 35.0 Å². The molecular formula is C18H20ClN3O3. The van der Waals surface area contributed by atoms with Gasteiger partial charge in [-0.15, -0.1) is 0 Å². The van der Waals surface area contributed by atoms with Crippen LogP contribution < -0.4 is 14.8 Å². The van der Waals surface area contributed by atoms with Gasteiger partial charge in [0.05, 0.1) is 30.5 Å². The van der Waals surface area contributed by atoms with Crippen molar-refractivity contribution in [1.82, 2.24) is 9.78 Å². The maximum Gasteiger partial charge on any atom is 0.257 e. The summed E-state index contributed by atoms with van der Waals surface area (Å²) < 4.78 is 13.1. The van der Waals surface area contributed by atoms with Gasteiger partial charge in [0.25, 0.3) is 5.91 Å². The number of hydrogen-bond donors (Lipinski definition) is 1. The van der Waals surface area contributed by atoms with E-state index in [1.165, 1.54) is 12.8 Å². The number of hydrogen-bond acceptors (Lipinski definition) is 4. The molecule has 1 unspecified atom stereocenters. The molecule has 1 atom stereocenters. The average molecular weight is 362 g/mol. The Kier molecular flexibility index (Phi) is 4.29. The molecule has 1 aromatic carbocycles. The third kappa shape index (κ3) is 3.31. The standard InChI is InChI=1S/C18H20ClN3O3/c1-11(12-3-4-12)22-16(5-6-20-22)21-18(23)13-9-14(19)17-15(10-13)24-7-2-8-25-17/h5-6,9-12H,2-4,7-8H2,1H3,(H,21,23). The molecule has 4 rings (SSSR count). The number of aromatic nitrogens is 2. The zero-order valence-corrected chi connectivity index (χ0v) is 14.8. The summed E-state index contributed by atoms with van der Waals surface area (Å²) in [7, 11) is 0. The van der Waals surface area contributed by atoms with Crippen molar-refractivity contribution in [3.8, 4) is 11.5 Å². The lowest BCUT2D eigenvalue weighted by Gasteiger charge is -2.16. The van der Waals surface area contributed by atoms with E-state index in [-0.39, 0.29) is 11.9 Å². The quantitative estimate of drug-likeness (QED) is 0.896. The summed E-state index contributed by atoms with van der Waals surface area (Å²) in [5.74, 6) is 2.09. The van der Waals surface area contributed by atoms with Crippen LogP contribution in [-0.4, -0.2) is 28.9 Å². The zero-order chi connectivity index (χ0) is 17.4. The topological polar surface area (TPSA) is 65.4 Å². The molecule has 132 valence electrons. The van der Waals surface area contributed by atoms with E-state index in [2.05, 4.69) is 17.3 Å². The van der Waals surface area contributed by atoms with Crippen molar-refractivity contribution < 1.29 is 14.3 Å². The molecule has 25 heavy (non-hydrogen) atoms. The predicted octanol–water partition coefficient (Wildman–Crippen LogP) is 3.92. The third-order valence-corrected chi connectivity index (χ3v) is 4.95. The first kappa shape index (κ1) is 16.3. The minimum Gasteiger partial charge on any atom is -0.489 e. The van der Waals surface area contributed by atoms with E-state index < -0.39 is 0 Å². The second-order valence-electron chi connectivity index (χ2n) is 6.53. The van der Waals surface area contributed by atoms with E-state index in [0.717, 1.165) is 6.42 Å². The molecule has 2 heterocycles. The Morgan fingerprint density at radius 3 is 2.96 bits per heavy atom. The summed E-state index contributed by atoms with van der Waals surface area (Å²) in [5.41, 5.74) is 0.432. The van der Waals surface area contributed by atoms with Crippen LogP contribution in [-0.2, 0) is 0 Å². The summed E-state index contributed by atoms with van der Waals surface area (Å²) in [6.07, 6.45) is 4.92. The largest absolute Gasteiger partial charge is 0.489 e. The number of anilines is 1. The first-order valence-electron chi connectivity index (χ1n) is 8.57. The van der Waals surface area contributed by atoms with Gasteiger partial charge in [-0.2, -0.15) is 5.10 Å². The van der Waals surface area contributed by atoms with Crippen LogP contribution in [0, 0.1) is 5.92 Å². The van der Waals surface area contributed by atoms with Gasteiger partial charge in [0.2, 0.25) is 0 Å². The highest BCUT2D eigenvalue weighted by Crippen LogP contribution is 2.40. The normalized spacial score (nSPS) is 17.7. The second kappa shape index (κ2) is 6.59. The number of nitrogens with one attached hydrogen (secondary N) is 1. The van der Waals surface area contributed by atoms with Gasteiger partial charge in [-0.3, -0.25) is 4.79 Å². The van der Waals surface area contributed by atoms with Crippen molar-refractivity contribution >= 4 is 23.3 Å². The molecule has 0 spiro atoms. The van der Waals surface area contributed by atoms with Gasteiger partial charge in [0.1, 0.15) is 5.82 Å². The predicted molar refractivity (Wildman–Crippen MR) is 94.7 cm³/mol. The molecule has 2 aromatic rings. The number of halogens is 1. The average Bonchev–Trinajstić information content (AvgIpc) is 3.38. The fraction of sp³-hybridized carbons (Fsp3) is 0.444. The summed E-state index contributed by atoms with van der Waals surface area (Å²) >= 11 is 6.27. The van der Waals surface area contributed by atoms with Crippen molar-refractivity contribution in [1.29, 1.82) is 0 Å². The molecule has 1 aliphatic carbocycles. The Morgan fingerprint density at radius 1 is 1.36 bits per heavy atom. The van der Waals surface area contributed by atoms with Crippen molar-refractivity contribution in [2.24, 2.45) is 5.92 Å². The number of carbonyl (C=O) groups excluding carboxylic acids is 1. The van der Waals surface area contributed by atoms with Gasteiger partial charge >= 0.3 is 0 Å². The van der Waals surface area contributed by atoms with Crippen molar-refractivity contribution in [2.45, 2.75) is 32.2 Å². The number of nitrogens with zero attached hydrogens (tertiary/aromatic N) is 2. The summed E-state index contributed by atoms with van der Waals surface area (Å²) in [5, 5.41) is 7.66. The smallest absolute Gasteiger partial charge is 0.257 e. The zero-order valence-electron chi connectivity index (χ0n) is 14.0. The Morgan fingerprint density at radius 2 is 2.16 bits per heavy atom. The maximum atomic E-state index is 12.7. The summed E-state index contributed by atoms with van der Waals surface area (Å²) in [6, 6.07) is 5.36. The molecule has 1 aliphatic heterocycles. The highest BCUT2D eigenvalue weighted by atomic mass is 35.5. The van der Waals surface area contributed by atoms with Crippen LogP contribution in [0.25, 0.3) is 0 Å². The molecule has 1 N–H and O–H groups in total. The van der Waals surface area contributed by atoms with Gasteiger partial charge in [0.15, 0.2) is 11.5 Å².